The molecular formula is C14H25NO5. The van der Waals surface area contributed by atoms with Gasteiger partial charge in [0, 0.05) is 13.7 Å². The van der Waals surface area contributed by atoms with Crippen LogP contribution in [0.2, 0.25) is 0 Å². The first-order valence-corrected chi connectivity index (χ1v) is 6.93. The number of carbonyl (C=O) groups is 2. The minimum atomic E-state index is -0.760. The second-order valence-electron chi connectivity index (χ2n) is 6.03. The maximum absolute atomic E-state index is 12.0. The van der Waals surface area contributed by atoms with Crippen LogP contribution >= 0.6 is 0 Å². The standard InChI is InChI=1S/C14H25NO5/c1-10(2)19-13(17)15(5)9-14(3,4)20-12(16)11-6-7-18-8-11/h10-11H,6-9H2,1-5H3. The SMILES string of the molecule is CC(C)OC(=O)N(C)CC(C)(C)OC(=O)C1CCOC1. The van der Waals surface area contributed by atoms with Gasteiger partial charge in [0.1, 0.15) is 5.60 Å². The van der Waals surface area contributed by atoms with Gasteiger partial charge in [0.2, 0.25) is 0 Å². The van der Waals surface area contributed by atoms with Gasteiger partial charge in [-0.3, -0.25) is 4.79 Å². The molecule has 1 amide bonds. The minimum absolute atomic E-state index is 0.175. The molecule has 0 aromatic carbocycles. The molecule has 6 heteroatoms. The normalized spacial score (nSPS) is 19.0. The van der Waals surface area contributed by atoms with E-state index in [1.807, 2.05) is 0 Å². The van der Waals surface area contributed by atoms with Gasteiger partial charge in [-0.05, 0) is 34.1 Å². The molecule has 1 atom stereocenters. The molecule has 0 saturated carbocycles. The molecule has 0 bridgehead atoms. The number of amides is 1. The molecule has 0 aromatic rings. The van der Waals surface area contributed by atoms with Crippen LogP contribution in [0.25, 0.3) is 0 Å². The molecule has 0 radical (unpaired) electrons. The van der Waals surface area contributed by atoms with Crippen LogP contribution in [-0.4, -0.2) is 55.5 Å². The fraction of sp³-hybridized carbons (Fsp3) is 0.857. The summed E-state index contributed by atoms with van der Waals surface area (Å²) in [5.41, 5.74) is -0.760. The number of ether oxygens (including phenoxy) is 3. The summed E-state index contributed by atoms with van der Waals surface area (Å²) in [6, 6.07) is 0. The van der Waals surface area contributed by atoms with Crippen molar-refractivity contribution >= 4 is 12.1 Å². The van der Waals surface area contributed by atoms with Gasteiger partial charge in [0.25, 0.3) is 0 Å². The lowest BCUT2D eigenvalue weighted by Gasteiger charge is -2.31. The molecule has 1 fully saturated rings. The highest BCUT2D eigenvalue weighted by Crippen LogP contribution is 2.19. The van der Waals surface area contributed by atoms with Crippen molar-refractivity contribution in [3.8, 4) is 0 Å². The average Bonchev–Trinajstić information content (AvgIpc) is 2.79. The summed E-state index contributed by atoms with van der Waals surface area (Å²) in [6.07, 6.45) is 0.0970. The zero-order valence-corrected chi connectivity index (χ0v) is 13.0. The van der Waals surface area contributed by atoms with Crippen LogP contribution in [0.5, 0.6) is 0 Å². The van der Waals surface area contributed by atoms with E-state index in [4.69, 9.17) is 14.2 Å². The van der Waals surface area contributed by atoms with Crippen LogP contribution in [-0.2, 0) is 19.0 Å². The van der Waals surface area contributed by atoms with Crippen LogP contribution in [0.3, 0.4) is 0 Å². The first-order chi connectivity index (χ1) is 9.21. The Morgan fingerprint density at radius 3 is 2.55 bits per heavy atom. The van der Waals surface area contributed by atoms with E-state index >= 15 is 0 Å². The number of nitrogens with zero attached hydrogens (tertiary/aromatic N) is 1. The molecule has 1 heterocycles. The van der Waals surface area contributed by atoms with Crippen molar-refractivity contribution in [3.63, 3.8) is 0 Å². The number of likely N-dealkylation sites (N-methyl/N-ethyl adjacent to an activating group) is 1. The Morgan fingerprint density at radius 2 is 2.05 bits per heavy atom. The monoisotopic (exact) mass is 287 g/mol. The molecule has 6 nitrogen and oxygen atoms in total. The van der Waals surface area contributed by atoms with Crippen molar-refractivity contribution in [3.05, 3.63) is 0 Å². The van der Waals surface area contributed by atoms with E-state index in [1.54, 1.807) is 34.7 Å². The summed E-state index contributed by atoms with van der Waals surface area (Å²) >= 11 is 0. The summed E-state index contributed by atoms with van der Waals surface area (Å²) in [7, 11) is 1.62. The lowest BCUT2D eigenvalue weighted by Crippen LogP contribution is -2.44. The third kappa shape index (κ3) is 5.36. The van der Waals surface area contributed by atoms with Gasteiger partial charge in [-0.1, -0.05) is 0 Å². The second-order valence-corrected chi connectivity index (χ2v) is 6.03. The van der Waals surface area contributed by atoms with E-state index in [2.05, 4.69) is 0 Å². The maximum atomic E-state index is 12.0. The highest BCUT2D eigenvalue weighted by molar-refractivity contribution is 5.73. The zero-order chi connectivity index (χ0) is 15.3. The topological polar surface area (TPSA) is 65.1 Å². The Morgan fingerprint density at radius 1 is 1.40 bits per heavy atom. The molecule has 1 saturated heterocycles. The lowest BCUT2D eigenvalue weighted by molar-refractivity contribution is -0.162. The average molecular weight is 287 g/mol. The van der Waals surface area contributed by atoms with E-state index < -0.39 is 11.7 Å². The maximum Gasteiger partial charge on any atom is 0.409 e. The molecule has 1 rings (SSSR count). The summed E-state index contributed by atoms with van der Waals surface area (Å²) in [5, 5.41) is 0. The molecule has 116 valence electrons. The Hall–Kier alpha value is -1.30. The molecular weight excluding hydrogens is 262 g/mol. The van der Waals surface area contributed by atoms with Crippen LogP contribution in [0, 0.1) is 5.92 Å². The van der Waals surface area contributed by atoms with Gasteiger partial charge in [-0.25, -0.2) is 4.79 Å². The van der Waals surface area contributed by atoms with Crippen LogP contribution in [0.1, 0.15) is 34.1 Å². The molecule has 1 unspecified atom stereocenters. The Bertz CT molecular complexity index is 347. The molecule has 0 aromatic heterocycles. The molecule has 20 heavy (non-hydrogen) atoms. The predicted octanol–water partition coefficient (Wildman–Crippen LogP) is 1.82. The number of carbonyl (C=O) groups excluding carboxylic acids is 2. The van der Waals surface area contributed by atoms with Crippen molar-refractivity contribution in [2.24, 2.45) is 5.92 Å². The highest BCUT2D eigenvalue weighted by atomic mass is 16.6. The van der Waals surface area contributed by atoms with Gasteiger partial charge in [0.05, 0.1) is 25.2 Å². The van der Waals surface area contributed by atoms with E-state index in [-0.39, 0.29) is 24.5 Å². The lowest BCUT2D eigenvalue weighted by atomic mass is 10.1. The van der Waals surface area contributed by atoms with Crippen molar-refractivity contribution in [2.75, 3.05) is 26.8 Å². The van der Waals surface area contributed by atoms with Crippen molar-refractivity contribution in [1.82, 2.24) is 4.90 Å². The fourth-order valence-corrected chi connectivity index (χ4v) is 2.04. The number of esters is 1. The van der Waals surface area contributed by atoms with E-state index in [0.717, 1.165) is 0 Å². The van der Waals surface area contributed by atoms with Crippen LogP contribution < -0.4 is 0 Å². The molecule has 0 N–H and O–H groups in total. The largest absolute Gasteiger partial charge is 0.457 e. The van der Waals surface area contributed by atoms with Crippen LogP contribution in [0.4, 0.5) is 4.79 Å². The molecule has 0 aliphatic carbocycles. The Balaban J connectivity index is 2.47. The Labute approximate surface area is 120 Å². The van der Waals surface area contributed by atoms with Crippen LogP contribution in [0.15, 0.2) is 0 Å². The summed E-state index contributed by atoms with van der Waals surface area (Å²) in [4.78, 5) is 25.1. The Kier molecular flexibility index (Phi) is 5.80. The third-order valence-corrected chi connectivity index (χ3v) is 2.91. The first kappa shape index (κ1) is 16.8. The summed E-state index contributed by atoms with van der Waals surface area (Å²) < 4.78 is 15.7. The van der Waals surface area contributed by atoms with Gasteiger partial charge in [-0.15, -0.1) is 0 Å². The molecule has 0 spiro atoms. The van der Waals surface area contributed by atoms with Gasteiger partial charge < -0.3 is 19.1 Å². The molecule has 1 aliphatic rings. The zero-order valence-electron chi connectivity index (χ0n) is 13.0. The van der Waals surface area contributed by atoms with Crippen molar-refractivity contribution in [2.45, 2.75) is 45.8 Å². The first-order valence-electron chi connectivity index (χ1n) is 6.93. The van der Waals surface area contributed by atoms with Gasteiger partial charge >= 0.3 is 12.1 Å². The summed E-state index contributed by atoms with van der Waals surface area (Å²) in [6.45, 7) is 8.42. The minimum Gasteiger partial charge on any atom is -0.457 e. The van der Waals surface area contributed by atoms with Crippen molar-refractivity contribution in [1.29, 1.82) is 0 Å². The second kappa shape index (κ2) is 6.92. The van der Waals surface area contributed by atoms with Gasteiger partial charge in [-0.2, -0.15) is 0 Å². The summed E-state index contributed by atoms with van der Waals surface area (Å²) in [5.74, 6) is -0.458. The van der Waals surface area contributed by atoms with E-state index in [1.165, 1.54) is 4.90 Å². The number of hydrogen-bond acceptors (Lipinski definition) is 5. The third-order valence-electron chi connectivity index (χ3n) is 2.91. The number of rotatable bonds is 5. The highest BCUT2D eigenvalue weighted by Gasteiger charge is 2.32. The number of hydrogen-bond donors (Lipinski definition) is 0. The van der Waals surface area contributed by atoms with Gasteiger partial charge in [0.15, 0.2) is 0 Å². The molecule has 1 aliphatic heterocycles. The van der Waals surface area contributed by atoms with Crippen molar-refractivity contribution < 1.29 is 23.8 Å². The quantitative estimate of drug-likeness (QED) is 0.722. The van der Waals surface area contributed by atoms with E-state index in [9.17, 15) is 9.59 Å². The predicted molar refractivity (Wildman–Crippen MR) is 73.3 cm³/mol. The van der Waals surface area contributed by atoms with E-state index in [0.29, 0.717) is 19.6 Å². The smallest absolute Gasteiger partial charge is 0.409 e. The fourth-order valence-electron chi connectivity index (χ4n) is 2.04.